The molecule has 7 heavy (non-hydrogen) atoms. The fourth-order valence-electron chi connectivity index (χ4n) is 0.750. The Morgan fingerprint density at radius 2 is 1.86 bits per heavy atom. The third-order valence-electron chi connectivity index (χ3n) is 1.000. The summed E-state index contributed by atoms with van der Waals surface area (Å²) in [7, 11) is 0. The van der Waals surface area contributed by atoms with Crippen molar-refractivity contribution < 1.29 is 0 Å². The maximum atomic E-state index is 2.34. The van der Waals surface area contributed by atoms with Crippen LogP contribution in [0.15, 0.2) is 0 Å². The molecule has 0 spiro atoms. The molecule has 0 aromatic rings. The zero-order chi connectivity index (χ0) is 5.91. The summed E-state index contributed by atoms with van der Waals surface area (Å²) in [6.07, 6.45) is 2.75. The van der Waals surface area contributed by atoms with Crippen LogP contribution in [0.25, 0.3) is 0 Å². The van der Waals surface area contributed by atoms with Gasteiger partial charge >= 0.3 is 64.2 Å². The zero-order valence-corrected chi connectivity index (χ0v) is 7.91. The summed E-state index contributed by atoms with van der Waals surface area (Å²) in [5.41, 5.74) is 0. The van der Waals surface area contributed by atoms with Gasteiger partial charge in [-0.3, -0.25) is 0 Å². The molecule has 0 unspecified atom stereocenters. The Labute approximate surface area is 64.1 Å². The Kier molecular flexibility index (Phi) is 3.56. The van der Waals surface area contributed by atoms with Crippen LogP contribution in [0.1, 0.15) is 33.6 Å². The first-order chi connectivity index (χ1) is 3.06. The second kappa shape index (κ2) is 3.11. The maximum absolute atomic E-state index is 2.34. The van der Waals surface area contributed by atoms with Crippen molar-refractivity contribution in [3.8, 4) is 0 Å². The van der Waals surface area contributed by atoms with Crippen molar-refractivity contribution in [2.24, 2.45) is 0 Å². The van der Waals surface area contributed by atoms with E-state index in [1.807, 2.05) is 0 Å². The van der Waals surface area contributed by atoms with E-state index in [9.17, 15) is 0 Å². The van der Waals surface area contributed by atoms with E-state index in [1.165, 1.54) is 40.8 Å². The van der Waals surface area contributed by atoms with Crippen LogP contribution in [0.2, 0.25) is 2.66 Å². The molecule has 0 saturated heterocycles. The van der Waals surface area contributed by atoms with Crippen LogP contribution >= 0.6 is 0 Å². The summed E-state index contributed by atoms with van der Waals surface area (Å²) in [5, 5.41) is 0. The van der Waals surface area contributed by atoms with E-state index >= 15 is 0 Å². The molecule has 38 valence electrons. The van der Waals surface area contributed by atoms with E-state index in [1.54, 1.807) is 0 Å². The first-order valence-electron chi connectivity index (χ1n) is 3.06. The standard InChI is InChI=1S/C6H13.Na/c1-4-5-6(2)3;/h4-5H2,1-3H3;. The normalized spacial score (nSPS) is 12.1. The van der Waals surface area contributed by atoms with Gasteiger partial charge in [0.2, 0.25) is 0 Å². The van der Waals surface area contributed by atoms with Gasteiger partial charge in [0.25, 0.3) is 0 Å². The average Bonchev–Trinajstić information content (AvgIpc) is 1.30. The molecule has 0 amide bonds. The van der Waals surface area contributed by atoms with Crippen molar-refractivity contribution in [3.63, 3.8) is 0 Å². The summed E-state index contributed by atoms with van der Waals surface area (Å²) in [5.74, 6) is 0. The fourth-order valence-corrected chi connectivity index (χ4v) is 1.25. The summed E-state index contributed by atoms with van der Waals surface area (Å²) in [6, 6.07) is 0. The molecule has 0 nitrogen and oxygen atoms in total. The average molecular weight is 108 g/mol. The molecule has 0 bridgehead atoms. The second-order valence-corrected chi connectivity index (χ2v) is 6.02. The van der Waals surface area contributed by atoms with E-state index in [4.69, 9.17) is 0 Å². The molecule has 0 N–H and O–H groups in total. The quantitative estimate of drug-likeness (QED) is 0.475. The number of rotatable bonds is 2. The number of hydrogen-bond donors (Lipinski definition) is 0. The third kappa shape index (κ3) is 7.00. The summed E-state index contributed by atoms with van der Waals surface area (Å²) < 4.78 is 0.689. The first kappa shape index (κ1) is 8.00. The van der Waals surface area contributed by atoms with Gasteiger partial charge in [-0.2, -0.15) is 0 Å². The van der Waals surface area contributed by atoms with Gasteiger partial charge in [-0.15, -0.1) is 0 Å². The topological polar surface area (TPSA) is 0 Å². The van der Waals surface area contributed by atoms with Crippen molar-refractivity contribution in [2.75, 3.05) is 0 Å². The van der Waals surface area contributed by atoms with Gasteiger partial charge in [0, 0.05) is 0 Å². The molecule has 0 heterocycles. The van der Waals surface area contributed by atoms with Crippen molar-refractivity contribution in [1.29, 1.82) is 0 Å². The zero-order valence-electron chi connectivity index (χ0n) is 5.91. The van der Waals surface area contributed by atoms with Crippen LogP contribution in [-0.4, -0.2) is 27.9 Å². The monoisotopic (exact) mass is 108 g/mol. The van der Waals surface area contributed by atoms with E-state index in [0.29, 0.717) is 2.66 Å². The predicted octanol–water partition coefficient (Wildman–Crippen LogP) is 2.15. The van der Waals surface area contributed by atoms with Crippen molar-refractivity contribution in [3.05, 3.63) is 0 Å². The van der Waals surface area contributed by atoms with Crippen LogP contribution in [-0.2, 0) is 0 Å². The second-order valence-electron chi connectivity index (χ2n) is 3.31. The van der Waals surface area contributed by atoms with Gasteiger partial charge < -0.3 is 0 Å². The summed E-state index contributed by atoms with van der Waals surface area (Å²) in [4.78, 5) is 0. The molecular weight excluding hydrogens is 95.1 g/mol. The van der Waals surface area contributed by atoms with Gasteiger partial charge in [-0.1, -0.05) is 0 Å². The Bertz CT molecular complexity index is 42.6. The van der Waals surface area contributed by atoms with Gasteiger partial charge in [-0.05, 0) is 0 Å². The molecule has 0 aromatic carbocycles. The van der Waals surface area contributed by atoms with E-state index in [-0.39, 0.29) is 0 Å². The predicted molar refractivity (Wildman–Crippen MR) is 34.7 cm³/mol. The Hall–Kier alpha value is 1.00. The molecule has 1 heteroatoms. The van der Waals surface area contributed by atoms with E-state index < -0.39 is 0 Å². The fraction of sp³-hybridized carbons (Fsp3) is 1.00. The van der Waals surface area contributed by atoms with Crippen molar-refractivity contribution >= 4 is 27.9 Å². The molecule has 0 aliphatic heterocycles. The van der Waals surface area contributed by atoms with Crippen LogP contribution in [0.5, 0.6) is 0 Å². The molecule has 0 radical (unpaired) electrons. The van der Waals surface area contributed by atoms with E-state index in [2.05, 4.69) is 20.8 Å². The molecule has 0 aliphatic rings. The minimum absolute atomic E-state index is 0.689. The minimum atomic E-state index is 0.689. The Morgan fingerprint density at radius 1 is 1.43 bits per heavy atom. The van der Waals surface area contributed by atoms with E-state index in [0.717, 1.165) is 0 Å². The number of hydrogen-bond acceptors (Lipinski definition) is 0. The van der Waals surface area contributed by atoms with Crippen LogP contribution in [0.4, 0.5) is 0 Å². The van der Waals surface area contributed by atoms with Crippen molar-refractivity contribution in [2.45, 2.75) is 36.3 Å². The van der Waals surface area contributed by atoms with Gasteiger partial charge in [0.05, 0.1) is 0 Å². The Morgan fingerprint density at radius 3 is 1.86 bits per heavy atom. The SMILES string of the molecule is CCC[C](C)(C)[Na]. The van der Waals surface area contributed by atoms with Crippen LogP contribution < -0.4 is 0 Å². The Balaban J connectivity index is 3.15. The van der Waals surface area contributed by atoms with Crippen LogP contribution in [0.3, 0.4) is 0 Å². The van der Waals surface area contributed by atoms with Crippen molar-refractivity contribution in [1.82, 2.24) is 0 Å². The molecule has 0 aliphatic carbocycles. The van der Waals surface area contributed by atoms with Gasteiger partial charge in [0.1, 0.15) is 0 Å². The van der Waals surface area contributed by atoms with Gasteiger partial charge in [-0.25, -0.2) is 0 Å². The first-order valence-corrected chi connectivity index (χ1v) is 4.06. The molecule has 0 fully saturated rings. The van der Waals surface area contributed by atoms with Crippen LogP contribution in [0, 0.1) is 0 Å². The molecular formula is C6H13Na. The van der Waals surface area contributed by atoms with Gasteiger partial charge in [0.15, 0.2) is 0 Å². The molecule has 0 rings (SSSR count). The summed E-state index contributed by atoms with van der Waals surface area (Å²) in [6.45, 7) is 6.92. The molecule has 0 atom stereocenters. The summed E-state index contributed by atoms with van der Waals surface area (Å²) >= 11 is 1.34. The molecule has 0 saturated carbocycles. The third-order valence-corrected chi connectivity index (χ3v) is 1.50. The molecule has 0 aromatic heterocycles.